The highest BCUT2D eigenvalue weighted by molar-refractivity contribution is 5.94. The molecule has 1 rings (SSSR count). The van der Waals surface area contributed by atoms with Gasteiger partial charge in [0.2, 0.25) is 0 Å². The Labute approximate surface area is 121 Å². The van der Waals surface area contributed by atoms with Gasteiger partial charge in [-0.1, -0.05) is 17.9 Å². The van der Waals surface area contributed by atoms with E-state index in [0.717, 1.165) is 5.56 Å². The van der Waals surface area contributed by atoms with Gasteiger partial charge in [0.1, 0.15) is 0 Å². The molecular formula is C15H17F3N2O. The van der Waals surface area contributed by atoms with E-state index in [1.807, 2.05) is 6.92 Å². The van der Waals surface area contributed by atoms with Crippen LogP contribution in [0.1, 0.15) is 34.3 Å². The smallest absolute Gasteiger partial charge is 0.352 e. The minimum atomic E-state index is -4.19. The number of alkyl halides is 3. The van der Waals surface area contributed by atoms with E-state index >= 15 is 0 Å². The Morgan fingerprint density at radius 2 is 2.10 bits per heavy atom. The van der Waals surface area contributed by atoms with Crippen molar-refractivity contribution in [3.63, 3.8) is 0 Å². The summed E-state index contributed by atoms with van der Waals surface area (Å²) in [5.74, 6) is 5.14. The molecule has 0 heterocycles. The second kappa shape index (κ2) is 7.70. The first-order valence-corrected chi connectivity index (χ1v) is 6.48. The monoisotopic (exact) mass is 298 g/mol. The molecule has 0 aliphatic heterocycles. The lowest BCUT2D eigenvalue weighted by molar-refractivity contribution is -0.135. The average Bonchev–Trinajstić information content (AvgIpc) is 2.41. The maximum Gasteiger partial charge on any atom is 0.389 e. The normalized spacial score (nSPS) is 10.7. The first-order valence-electron chi connectivity index (χ1n) is 6.48. The number of amides is 1. The topological polar surface area (TPSA) is 55.1 Å². The molecule has 0 aliphatic carbocycles. The molecule has 6 heteroatoms. The predicted octanol–water partition coefficient (Wildman–Crippen LogP) is 2.38. The zero-order valence-corrected chi connectivity index (χ0v) is 11.7. The third-order valence-corrected chi connectivity index (χ3v) is 2.75. The summed E-state index contributed by atoms with van der Waals surface area (Å²) in [5, 5.41) is 2.46. The molecule has 1 aromatic carbocycles. The van der Waals surface area contributed by atoms with Crippen LogP contribution < -0.4 is 11.1 Å². The molecule has 0 bridgehead atoms. The van der Waals surface area contributed by atoms with E-state index < -0.39 is 18.5 Å². The van der Waals surface area contributed by atoms with Crippen LogP contribution in [0.2, 0.25) is 0 Å². The molecule has 0 radical (unpaired) electrons. The Balaban J connectivity index is 2.62. The third-order valence-electron chi connectivity index (χ3n) is 2.75. The van der Waals surface area contributed by atoms with Crippen molar-refractivity contribution in [2.45, 2.75) is 25.9 Å². The van der Waals surface area contributed by atoms with Crippen LogP contribution in [0, 0.1) is 18.8 Å². The molecule has 0 atom stereocenters. The molecule has 1 amide bonds. The molecule has 0 saturated carbocycles. The van der Waals surface area contributed by atoms with Crippen molar-refractivity contribution in [3.05, 3.63) is 34.9 Å². The van der Waals surface area contributed by atoms with E-state index in [-0.39, 0.29) is 19.5 Å². The molecule has 0 aliphatic rings. The third kappa shape index (κ3) is 6.32. The highest BCUT2D eigenvalue weighted by Crippen LogP contribution is 2.20. The van der Waals surface area contributed by atoms with Crippen molar-refractivity contribution in [2.75, 3.05) is 13.1 Å². The molecular weight excluding hydrogens is 281 g/mol. The minimum Gasteiger partial charge on any atom is -0.352 e. The summed E-state index contributed by atoms with van der Waals surface area (Å²) in [5.41, 5.74) is 7.26. The SMILES string of the molecule is Cc1ccc(C(=O)NCCCC(F)(F)F)cc1C#CCN. The molecule has 114 valence electrons. The van der Waals surface area contributed by atoms with Crippen LogP contribution in [0.25, 0.3) is 0 Å². The van der Waals surface area contributed by atoms with E-state index in [1.165, 1.54) is 0 Å². The van der Waals surface area contributed by atoms with Gasteiger partial charge < -0.3 is 11.1 Å². The van der Waals surface area contributed by atoms with E-state index in [2.05, 4.69) is 17.2 Å². The van der Waals surface area contributed by atoms with Gasteiger partial charge in [0.15, 0.2) is 0 Å². The number of nitrogens with one attached hydrogen (secondary N) is 1. The standard InChI is InChI=1S/C15H17F3N2O/c1-11-5-6-13(10-12(11)4-2-8-19)14(21)20-9-3-7-15(16,17)18/h5-6,10H,3,7-9,19H2,1H3,(H,20,21). The molecule has 0 spiro atoms. The Hall–Kier alpha value is -2.00. The van der Waals surface area contributed by atoms with Gasteiger partial charge >= 0.3 is 6.18 Å². The average molecular weight is 298 g/mol. The van der Waals surface area contributed by atoms with E-state index in [9.17, 15) is 18.0 Å². The van der Waals surface area contributed by atoms with Crippen molar-refractivity contribution < 1.29 is 18.0 Å². The highest BCUT2D eigenvalue weighted by atomic mass is 19.4. The van der Waals surface area contributed by atoms with Gasteiger partial charge in [-0.25, -0.2) is 0 Å². The number of benzene rings is 1. The van der Waals surface area contributed by atoms with Crippen LogP contribution in [0.4, 0.5) is 13.2 Å². The molecule has 1 aromatic rings. The summed E-state index contributed by atoms with van der Waals surface area (Å²) < 4.78 is 35.9. The van der Waals surface area contributed by atoms with Crippen LogP contribution in [0.3, 0.4) is 0 Å². The number of carbonyl (C=O) groups excluding carboxylic acids is 1. The molecule has 3 nitrogen and oxygen atoms in total. The summed E-state index contributed by atoms with van der Waals surface area (Å²) in [7, 11) is 0. The maximum atomic E-state index is 12.0. The first-order chi connectivity index (χ1) is 9.83. The van der Waals surface area contributed by atoms with Crippen molar-refractivity contribution >= 4 is 5.91 Å². The zero-order valence-electron chi connectivity index (χ0n) is 11.7. The fraction of sp³-hybridized carbons (Fsp3) is 0.400. The Morgan fingerprint density at radius 1 is 1.38 bits per heavy atom. The summed E-state index contributed by atoms with van der Waals surface area (Å²) in [6.07, 6.45) is -5.24. The lowest BCUT2D eigenvalue weighted by Gasteiger charge is -2.08. The van der Waals surface area contributed by atoms with Crippen molar-refractivity contribution in [3.8, 4) is 11.8 Å². The van der Waals surface area contributed by atoms with Crippen LogP contribution in [-0.4, -0.2) is 25.2 Å². The number of carbonyl (C=O) groups is 1. The van der Waals surface area contributed by atoms with Gasteiger partial charge in [0.25, 0.3) is 5.91 Å². The fourth-order valence-corrected chi connectivity index (χ4v) is 1.64. The number of hydrogen-bond donors (Lipinski definition) is 2. The summed E-state index contributed by atoms with van der Waals surface area (Å²) in [4.78, 5) is 11.8. The summed E-state index contributed by atoms with van der Waals surface area (Å²) in [6, 6.07) is 4.96. The van der Waals surface area contributed by atoms with Crippen molar-refractivity contribution in [1.29, 1.82) is 0 Å². The lowest BCUT2D eigenvalue weighted by atomic mass is 10.0. The Bertz CT molecular complexity index is 556. The quantitative estimate of drug-likeness (QED) is 0.662. The first kappa shape index (κ1) is 17.1. The molecule has 3 N–H and O–H groups in total. The molecule has 21 heavy (non-hydrogen) atoms. The molecule has 0 fully saturated rings. The molecule has 0 saturated heterocycles. The number of nitrogens with two attached hydrogens (primary N) is 1. The van der Waals surface area contributed by atoms with Gasteiger partial charge in [-0.15, -0.1) is 0 Å². The van der Waals surface area contributed by atoms with Gasteiger partial charge in [-0.3, -0.25) is 4.79 Å². The summed E-state index contributed by atoms with van der Waals surface area (Å²) >= 11 is 0. The molecule has 0 unspecified atom stereocenters. The van der Waals surface area contributed by atoms with Crippen LogP contribution >= 0.6 is 0 Å². The Kier molecular flexibility index (Phi) is 6.25. The van der Waals surface area contributed by atoms with E-state index in [0.29, 0.717) is 11.1 Å². The largest absolute Gasteiger partial charge is 0.389 e. The van der Waals surface area contributed by atoms with Crippen LogP contribution in [-0.2, 0) is 0 Å². The minimum absolute atomic E-state index is 0.0178. The van der Waals surface area contributed by atoms with Gasteiger partial charge in [-0.05, 0) is 31.0 Å². The number of hydrogen-bond acceptors (Lipinski definition) is 2. The van der Waals surface area contributed by atoms with Gasteiger partial charge in [-0.2, -0.15) is 13.2 Å². The van der Waals surface area contributed by atoms with Crippen molar-refractivity contribution in [1.82, 2.24) is 5.32 Å². The zero-order chi connectivity index (χ0) is 15.9. The van der Waals surface area contributed by atoms with Crippen molar-refractivity contribution in [2.24, 2.45) is 5.73 Å². The van der Waals surface area contributed by atoms with E-state index in [4.69, 9.17) is 5.73 Å². The van der Waals surface area contributed by atoms with Crippen LogP contribution in [0.15, 0.2) is 18.2 Å². The van der Waals surface area contributed by atoms with Crippen LogP contribution in [0.5, 0.6) is 0 Å². The number of halogens is 3. The number of aryl methyl sites for hydroxylation is 1. The van der Waals surface area contributed by atoms with Gasteiger partial charge in [0.05, 0.1) is 6.54 Å². The number of rotatable bonds is 4. The highest BCUT2D eigenvalue weighted by Gasteiger charge is 2.26. The lowest BCUT2D eigenvalue weighted by Crippen LogP contribution is -2.25. The predicted molar refractivity (Wildman–Crippen MR) is 74.7 cm³/mol. The second-order valence-corrected chi connectivity index (χ2v) is 4.51. The Morgan fingerprint density at radius 3 is 2.71 bits per heavy atom. The maximum absolute atomic E-state index is 12.0. The van der Waals surface area contributed by atoms with E-state index in [1.54, 1.807) is 18.2 Å². The fourth-order valence-electron chi connectivity index (χ4n) is 1.64. The van der Waals surface area contributed by atoms with Gasteiger partial charge in [0, 0.05) is 24.1 Å². The second-order valence-electron chi connectivity index (χ2n) is 4.51. The molecule has 0 aromatic heterocycles. The summed E-state index contributed by atoms with van der Waals surface area (Å²) in [6.45, 7) is 2.05.